The number of hydrogen-bond acceptors (Lipinski definition) is 5. The fourth-order valence-corrected chi connectivity index (χ4v) is 3.27. The van der Waals surface area contributed by atoms with E-state index >= 15 is 0 Å². The highest BCUT2D eigenvalue weighted by atomic mass is 32.2. The molecule has 0 fully saturated rings. The van der Waals surface area contributed by atoms with Gasteiger partial charge in [-0.2, -0.15) is 0 Å². The van der Waals surface area contributed by atoms with Gasteiger partial charge in [0, 0.05) is 18.7 Å². The number of hydrogen-bond donors (Lipinski definition) is 2. The molecule has 1 heterocycles. The molecule has 1 aromatic rings. The summed E-state index contributed by atoms with van der Waals surface area (Å²) in [6.07, 6.45) is 1.14. The number of rotatable bonds is 6. The molecule has 0 aliphatic carbocycles. The Labute approximate surface area is 118 Å². The average Bonchev–Trinajstić information content (AvgIpc) is 2.44. The van der Waals surface area contributed by atoms with Crippen LogP contribution in [0, 0.1) is 0 Å². The molecule has 1 unspecified atom stereocenters. The van der Waals surface area contributed by atoms with E-state index in [1.54, 1.807) is 13.0 Å². The molecule has 20 heavy (non-hydrogen) atoms. The van der Waals surface area contributed by atoms with Gasteiger partial charge in [0.25, 0.3) is 0 Å². The average molecular weight is 301 g/mol. The summed E-state index contributed by atoms with van der Waals surface area (Å²) in [7, 11) is -3.59. The number of benzene rings is 1. The molecule has 112 valence electrons. The molecule has 1 aliphatic heterocycles. The van der Waals surface area contributed by atoms with Gasteiger partial charge >= 0.3 is 0 Å². The zero-order valence-electron chi connectivity index (χ0n) is 11.3. The number of aliphatic hydroxyl groups excluding tert-OH is 1. The van der Waals surface area contributed by atoms with Gasteiger partial charge in [0.1, 0.15) is 13.2 Å². The largest absolute Gasteiger partial charge is 0.486 e. The third-order valence-electron chi connectivity index (χ3n) is 2.98. The van der Waals surface area contributed by atoms with Crippen molar-refractivity contribution in [2.45, 2.75) is 30.7 Å². The van der Waals surface area contributed by atoms with Crippen molar-refractivity contribution in [3.05, 3.63) is 18.2 Å². The number of aliphatic hydroxyl groups is 1. The minimum atomic E-state index is -3.59. The third kappa shape index (κ3) is 3.62. The number of fused-ring (bicyclic) bond motifs is 1. The summed E-state index contributed by atoms with van der Waals surface area (Å²) < 4.78 is 37.8. The van der Waals surface area contributed by atoms with Crippen LogP contribution in [0.1, 0.15) is 19.8 Å². The van der Waals surface area contributed by atoms with Gasteiger partial charge < -0.3 is 14.6 Å². The molecular formula is C13H19NO5S. The lowest BCUT2D eigenvalue weighted by molar-refractivity contribution is 0.171. The van der Waals surface area contributed by atoms with Gasteiger partial charge in [-0.05, 0) is 31.9 Å². The minimum absolute atomic E-state index is 0.0517. The lowest BCUT2D eigenvalue weighted by Gasteiger charge is -2.19. The van der Waals surface area contributed by atoms with Crippen LogP contribution in [0.5, 0.6) is 11.5 Å². The van der Waals surface area contributed by atoms with Gasteiger partial charge in [-0.15, -0.1) is 0 Å². The molecule has 7 heteroatoms. The fourth-order valence-electron chi connectivity index (χ4n) is 1.98. The minimum Gasteiger partial charge on any atom is -0.486 e. The van der Waals surface area contributed by atoms with Crippen molar-refractivity contribution < 1.29 is 23.0 Å². The van der Waals surface area contributed by atoms with E-state index in [2.05, 4.69) is 4.72 Å². The van der Waals surface area contributed by atoms with Crippen molar-refractivity contribution in [1.29, 1.82) is 0 Å². The van der Waals surface area contributed by atoms with Crippen LogP contribution in [0.15, 0.2) is 23.1 Å². The van der Waals surface area contributed by atoms with E-state index < -0.39 is 10.0 Å². The van der Waals surface area contributed by atoms with Gasteiger partial charge in [-0.3, -0.25) is 0 Å². The second-order valence-corrected chi connectivity index (χ2v) is 6.41. The first-order chi connectivity index (χ1) is 9.53. The number of sulfonamides is 1. The summed E-state index contributed by atoms with van der Waals surface area (Å²) in [5.41, 5.74) is 0. The molecule has 2 N–H and O–H groups in total. The van der Waals surface area contributed by atoms with Crippen molar-refractivity contribution in [2.75, 3.05) is 19.8 Å². The van der Waals surface area contributed by atoms with Gasteiger partial charge in [0.15, 0.2) is 11.5 Å². The van der Waals surface area contributed by atoms with Gasteiger partial charge in [0.05, 0.1) is 4.90 Å². The first kappa shape index (κ1) is 15.1. The summed E-state index contributed by atoms with van der Waals surface area (Å²) in [5.74, 6) is 1.01. The molecule has 2 rings (SSSR count). The van der Waals surface area contributed by atoms with Crippen molar-refractivity contribution in [2.24, 2.45) is 0 Å². The summed E-state index contributed by atoms with van der Waals surface area (Å²) in [5, 5.41) is 8.76. The second kappa shape index (κ2) is 6.43. The van der Waals surface area contributed by atoms with E-state index in [1.165, 1.54) is 12.1 Å². The highest BCUT2D eigenvalue weighted by Crippen LogP contribution is 2.32. The van der Waals surface area contributed by atoms with E-state index in [1.807, 2.05) is 0 Å². The smallest absolute Gasteiger partial charge is 0.240 e. The number of nitrogens with one attached hydrogen (secondary N) is 1. The maximum Gasteiger partial charge on any atom is 0.240 e. The van der Waals surface area contributed by atoms with Crippen molar-refractivity contribution >= 4 is 10.0 Å². The van der Waals surface area contributed by atoms with Crippen molar-refractivity contribution in [3.8, 4) is 11.5 Å². The summed E-state index contributed by atoms with van der Waals surface area (Å²) >= 11 is 0. The lowest BCUT2D eigenvalue weighted by atomic mass is 10.2. The summed E-state index contributed by atoms with van der Waals surface area (Å²) in [6.45, 7) is 2.70. The zero-order chi connectivity index (χ0) is 14.6. The van der Waals surface area contributed by atoms with Crippen LogP contribution in [0.4, 0.5) is 0 Å². The van der Waals surface area contributed by atoms with Gasteiger partial charge in [0.2, 0.25) is 10.0 Å². The van der Waals surface area contributed by atoms with Gasteiger partial charge in [-0.25, -0.2) is 13.1 Å². The van der Waals surface area contributed by atoms with Gasteiger partial charge in [-0.1, -0.05) is 0 Å². The molecule has 0 amide bonds. The normalized spacial score (nSPS) is 15.9. The molecule has 0 aromatic heterocycles. The van der Waals surface area contributed by atoms with Crippen LogP contribution in [0.25, 0.3) is 0 Å². The van der Waals surface area contributed by atoms with E-state index in [9.17, 15) is 8.42 Å². The first-order valence-corrected chi connectivity index (χ1v) is 8.04. The Morgan fingerprint density at radius 3 is 2.70 bits per heavy atom. The van der Waals surface area contributed by atoms with E-state index in [0.29, 0.717) is 37.6 Å². The zero-order valence-corrected chi connectivity index (χ0v) is 12.1. The topological polar surface area (TPSA) is 84.9 Å². The van der Waals surface area contributed by atoms with Crippen LogP contribution in [0.2, 0.25) is 0 Å². The molecule has 0 radical (unpaired) electrons. The second-order valence-electron chi connectivity index (χ2n) is 4.69. The van der Waals surface area contributed by atoms with E-state index in [-0.39, 0.29) is 17.5 Å². The fraction of sp³-hybridized carbons (Fsp3) is 0.538. The van der Waals surface area contributed by atoms with Crippen molar-refractivity contribution in [1.82, 2.24) is 4.72 Å². The van der Waals surface area contributed by atoms with Crippen LogP contribution in [-0.2, 0) is 10.0 Å². The molecule has 0 bridgehead atoms. The van der Waals surface area contributed by atoms with Crippen LogP contribution in [-0.4, -0.2) is 39.4 Å². The third-order valence-corrected chi connectivity index (χ3v) is 4.56. The molecule has 1 aromatic carbocycles. The Morgan fingerprint density at radius 2 is 2.00 bits per heavy atom. The highest BCUT2D eigenvalue weighted by Gasteiger charge is 2.20. The Hall–Kier alpha value is -1.31. The standard InChI is InChI=1S/C13H19NO5S/c1-10(3-2-6-15)14-20(16,17)11-4-5-12-13(9-11)19-8-7-18-12/h4-5,9-10,14-15H,2-3,6-8H2,1H3. The van der Waals surface area contributed by atoms with Crippen molar-refractivity contribution in [3.63, 3.8) is 0 Å². The van der Waals surface area contributed by atoms with Crippen LogP contribution >= 0.6 is 0 Å². The van der Waals surface area contributed by atoms with Crippen LogP contribution < -0.4 is 14.2 Å². The maximum atomic E-state index is 12.2. The summed E-state index contributed by atoms with van der Waals surface area (Å²) in [4.78, 5) is 0.151. The molecular weight excluding hydrogens is 282 g/mol. The Balaban J connectivity index is 2.13. The van der Waals surface area contributed by atoms with E-state index in [0.717, 1.165) is 0 Å². The molecule has 1 aliphatic rings. The Bertz CT molecular complexity index is 558. The molecule has 6 nitrogen and oxygen atoms in total. The van der Waals surface area contributed by atoms with Crippen LogP contribution in [0.3, 0.4) is 0 Å². The maximum absolute atomic E-state index is 12.2. The molecule has 0 spiro atoms. The monoisotopic (exact) mass is 301 g/mol. The Morgan fingerprint density at radius 1 is 1.30 bits per heavy atom. The predicted molar refractivity (Wildman–Crippen MR) is 73.5 cm³/mol. The SMILES string of the molecule is CC(CCCO)NS(=O)(=O)c1ccc2c(c1)OCCO2. The molecule has 0 saturated carbocycles. The summed E-state index contributed by atoms with van der Waals surface area (Å²) in [6, 6.07) is 4.33. The first-order valence-electron chi connectivity index (χ1n) is 6.56. The molecule has 0 saturated heterocycles. The van der Waals surface area contributed by atoms with E-state index in [4.69, 9.17) is 14.6 Å². The number of ether oxygens (including phenoxy) is 2. The highest BCUT2D eigenvalue weighted by molar-refractivity contribution is 7.89. The molecule has 1 atom stereocenters. The predicted octanol–water partition coefficient (Wildman–Crippen LogP) is 0.897. The lowest BCUT2D eigenvalue weighted by Crippen LogP contribution is -2.32. The quantitative estimate of drug-likeness (QED) is 0.815. The Kier molecular flexibility index (Phi) is 4.85.